The molecule has 5 heteroatoms. The molecular formula is C12H12ClFN2O. The highest BCUT2D eigenvalue weighted by Gasteiger charge is 2.09. The van der Waals surface area contributed by atoms with Crippen molar-refractivity contribution in [1.29, 1.82) is 0 Å². The number of hydrogen-bond acceptors (Lipinski definition) is 3. The summed E-state index contributed by atoms with van der Waals surface area (Å²) in [6.07, 6.45) is 1.80. The Morgan fingerprint density at radius 3 is 2.88 bits per heavy atom. The first-order valence-corrected chi connectivity index (χ1v) is 5.94. The summed E-state index contributed by atoms with van der Waals surface area (Å²) in [4.78, 5) is 4.18. The Hall–Kier alpha value is -1.42. The van der Waals surface area contributed by atoms with Crippen molar-refractivity contribution in [1.82, 2.24) is 10.1 Å². The molecule has 90 valence electrons. The van der Waals surface area contributed by atoms with Gasteiger partial charge in [0.05, 0.1) is 0 Å². The number of halogens is 2. The molecule has 1 heterocycles. The summed E-state index contributed by atoms with van der Waals surface area (Å²) in [5.74, 6) is 1.36. The quantitative estimate of drug-likeness (QED) is 0.770. The van der Waals surface area contributed by atoms with Crippen LogP contribution in [-0.4, -0.2) is 16.0 Å². The van der Waals surface area contributed by atoms with Gasteiger partial charge in [-0.05, 0) is 18.1 Å². The van der Waals surface area contributed by atoms with Gasteiger partial charge in [-0.15, -0.1) is 11.6 Å². The second kappa shape index (κ2) is 5.77. The summed E-state index contributed by atoms with van der Waals surface area (Å²) >= 11 is 5.57. The minimum absolute atomic E-state index is 0.250. The average Bonchev–Trinajstić information content (AvgIpc) is 2.77. The zero-order valence-electron chi connectivity index (χ0n) is 9.20. The first-order chi connectivity index (χ1) is 8.29. The van der Waals surface area contributed by atoms with Crippen molar-refractivity contribution in [3.05, 3.63) is 47.4 Å². The van der Waals surface area contributed by atoms with E-state index in [1.165, 1.54) is 6.07 Å². The number of nitrogens with zero attached hydrogens (tertiary/aromatic N) is 2. The predicted molar refractivity (Wildman–Crippen MR) is 62.5 cm³/mol. The molecule has 0 fully saturated rings. The third kappa shape index (κ3) is 3.27. The van der Waals surface area contributed by atoms with E-state index in [1.54, 1.807) is 18.2 Å². The fraction of sp³-hybridized carbons (Fsp3) is 0.333. The lowest BCUT2D eigenvalue weighted by Gasteiger charge is -1.97. The van der Waals surface area contributed by atoms with E-state index >= 15 is 0 Å². The largest absolute Gasteiger partial charge is 0.339 e. The van der Waals surface area contributed by atoms with Gasteiger partial charge in [-0.2, -0.15) is 4.98 Å². The third-order valence-corrected chi connectivity index (χ3v) is 2.61. The van der Waals surface area contributed by atoms with Crippen LogP contribution in [0.3, 0.4) is 0 Å². The van der Waals surface area contributed by atoms with Crippen LogP contribution in [0, 0.1) is 5.82 Å². The Morgan fingerprint density at radius 2 is 2.12 bits per heavy atom. The second-order valence-corrected chi connectivity index (χ2v) is 4.04. The number of rotatable bonds is 5. The zero-order valence-corrected chi connectivity index (χ0v) is 9.95. The van der Waals surface area contributed by atoms with Crippen molar-refractivity contribution in [3.8, 4) is 0 Å². The molecule has 0 saturated carbocycles. The van der Waals surface area contributed by atoms with E-state index in [1.807, 2.05) is 0 Å². The predicted octanol–water partition coefficient (Wildman–Crippen LogP) is 2.97. The molecular weight excluding hydrogens is 243 g/mol. The molecule has 3 nitrogen and oxygen atoms in total. The summed E-state index contributed by atoms with van der Waals surface area (Å²) < 4.78 is 18.4. The van der Waals surface area contributed by atoms with Crippen LogP contribution in [0.1, 0.15) is 23.7 Å². The SMILES string of the molecule is Fc1ccccc1Cc1noc(CCCCl)n1. The molecule has 17 heavy (non-hydrogen) atoms. The Balaban J connectivity index is 2.04. The van der Waals surface area contributed by atoms with E-state index in [2.05, 4.69) is 10.1 Å². The van der Waals surface area contributed by atoms with E-state index in [4.69, 9.17) is 16.1 Å². The monoisotopic (exact) mass is 254 g/mol. The topological polar surface area (TPSA) is 38.9 Å². The molecule has 2 aromatic rings. The number of aryl methyl sites for hydroxylation is 1. The van der Waals surface area contributed by atoms with Crippen LogP contribution in [0.2, 0.25) is 0 Å². The van der Waals surface area contributed by atoms with Gasteiger partial charge in [0.2, 0.25) is 5.89 Å². The summed E-state index contributed by atoms with van der Waals surface area (Å²) in [6, 6.07) is 6.57. The van der Waals surface area contributed by atoms with Crippen molar-refractivity contribution in [3.63, 3.8) is 0 Å². The third-order valence-electron chi connectivity index (χ3n) is 2.34. The zero-order chi connectivity index (χ0) is 12.1. The minimum atomic E-state index is -0.250. The number of benzene rings is 1. The number of hydrogen-bond donors (Lipinski definition) is 0. The van der Waals surface area contributed by atoms with Crippen LogP contribution >= 0.6 is 11.6 Å². The van der Waals surface area contributed by atoms with Gasteiger partial charge < -0.3 is 4.52 Å². The molecule has 0 unspecified atom stereocenters. The summed E-state index contributed by atoms with van der Waals surface area (Å²) in [7, 11) is 0. The lowest BCUT2D eigenvalue weighted by Crippen LogP contribution is -1.94. The van der Waals surface area contributed by atoms with Gasteiger partial charge in [-0.3, -0.25) is 0 Å². The fourth-order valence-electron chi connectivity index (χ4n) is 1.49. The van der Waals surface area contributed by atoms with Gasteiger partial charge >= 0.3 is 0 Å². The van der Waals surface area contributed by atoms with Gasteiger partial charge in [-0.1, -0.05) is 23.4 Å². The Morgan fingerprint density at radius 1 is 1.29 bits per heavy atom. The lowest BCUT2D eigenvalue weighted by molar-refractivity contribution is 0.373. The molecule has 0 radical (unpaired) electrons. The molecule has 0 aliphatic heterocycles. The van der Waals surface area contributed by atoms with Crippen LogP contribution in [0.4, 0.5) is 4.39 Å². The Kier molecular flexibility index (Phi) is 4.09. The molecule has 0 aliphatic carbocycles. The highest BCUT2D eigenvalue weighted by atomic mass is 35.5. The summed E-state index contributed by atoms with van der Waals surface area (Å²) in [6.45, 7) is 0. The molecule has 0 spiro atoms. The van der Waals surface area contributed by atoms with E-state index < -0.39 is 0 Å². The van der Waals surface area contributed by atoms with E-state index in [0.29, 0.717) is 36.0 Å². The maximum absolute atomic E-state index is 13.4. The molecule has 0 aliphatic rings. The first-order valence-electron chi connectivity index (χ1n) is 5.40. The molecule has 1 aromatic carbocycles. The van der Waals surface area contributed by atoms with Crippen molar-refractivity contribution in [2.24, 2.45) is 0 Å². The maximum atomic E-state index is 13.4. The Labute approximate surface area is 104 Å². The Bertz CT molecular complexity index is 487. The van der Waals surface area contributed by atoms with Gasteiger partial charge in [0.25, 0.3) is 0 Å². The van der Waals surface area contributed by atoms with Gasteiger partial charge in [-0.25, -0.2) is 4.39 Å². The van der Waals surface area contributed by atoms with Gasteiger partial charge in [0, 0.05) is 18.7 Å². The molecule has 1 aromatic heterocycles. The lowest BCUT2D eigenvalue weighted by atomic mass is 10.1. The second-order valence-electron chi connectivity index (χ2n) is 3.67. The van der Waals surface area contributed by atoms with E-state index in [-0.39, 0.29) is 5.82 Å². The van der Waals surface area contributed by atoms with Gasteiger partial charge in [0.1, 0.15) is 5.82 Å². The van der Waals surface area contributed by atoms with Gasteiger partial charge in [0.15, 0.2) is 5.82 Å². The van der Waals surface area contributed by atoms with Crippen molar-refractivity contribution in [2.45, 2.75) is 19.3 Å². The van der Waals surface area contributed by atoms with Crippen molar-refractivity contribution < 1.29 is 8.91 Å². The standard InChI is InChI=1S/C12H12ClFN2O/c13-7-3-6-12-15-11(16-17-12)8-9-4-1-2-5-10(9)14/h1-2,4-5H,3,6-8H2. The molecule has 0 amide bonds. The van der Waals surface area contributed by atoms with E-state index in [9.17, 15) is 4.39 Å². The molecule has 0 saturated heterocycles. The molecule has 0 N–H and O–H groups in total. The minimum Gasteiger partial charge on any atom is -0.339 e. The van der Waals surface area contributed by atoms with Crippen LogP contribution in [0.5, 0.6) is 0 Å². The van der Waals surface area contributed by atoms with Crippen molar-refractivity contribution in [2.75, 3.05) is 5.88 Å². The summed E-state index contributed by atoms with van der Waals surface area (Å²) in [5, 5.41) is 3.81. The normalized spacial score (nSPS) is 10.7. The first kappa shape index (κ1) is 12.0. The van der Waals surface area contributed by atoms with Crippen molar-refractivity contribution >= 4 is 11.6 Å². The van der Waals surface area contributed by atoms with E-state index in [0.717, 1.165) is 6.42 Å². The summed E-state index contributed by atoms with van der Waals surface area (Å²) in [5.41, 5.74) is 0.567. The molecule has 0 bridgehead atoms. The fourth-order valence-corrected chi connectivity index (χ4v) is 1.63. The maximum Gasteiger partial charge on any atom is 0.226 e. The molecule has 0 atom stereocenters. The highest BCUT2D eigenvalue weighted by molar-refractivity contribution is 6.17. The highest BCUT2D eigenvalue weighted by Crippen LogP contribution is 2.11. The van der Waals surface area contributed by atoms with Crippen LogP contribution in [-0.2, 0) is 12.8 Å². The average molecular weight is 255 g/mol. The number of alkyl halides is 1. The number of aromatic nitrogens is 2. The van der Waals surface area contributed by atoms with Crippen LogP contribution < -0.4 is 0 Å². The van der Waals surface area contributed by atoms with Crippen LogP contribution in [0.15, 0.2) is 28.8 Å². The molecule has 2 rings (SSSR count). The smallest absolute Gasteiger partial charge is 0.226 e. The van der Waals surface area contributed by atoms with Crippen LogP contribution in [0.25, 0.3) is 0 Å².